The van der Waals surface area contributed by atoms with E-state index in [1.807, 2.05) is 18.2 Å². The first-order chi connectivity index (χ1) is 12.5. The molecule has 132 valence electrons. The molecule has 1 heterocycles. The summed E-state index contributed by atoms with van der Waals surface area (Å²) in [6.07, 6.45) is 0. The average Bonchev–Trinajstić information content (AvgIpc) is 2.63. The third kappa shape index (κ3) is 3.64. The highest BCUT2D eigenvalue weighted by molar-refractivity contribution is 5.97. The lowest BCUT2D eigenvalue weighted by Crippen LogP contribution is -2.27. The first kappa shape index (κ1) is 17.4. The number of nitrogens with zero attached hydrogens (tertiary/aromatic N) is 2. The zero-order valence-electron chi connectivity index (χ0n) is 14.6. The molecule has 0 atom stereocenters. The minimum Gasteiger partial charge on any atom is -0.345 e. The quantitative estimate of drug-likeness (QED) is 0.786. The number of carbonyl (C=O) groups excluding carboxylic acids is 2. The van der Waals surface area contributed by atoms with Crippen molar-refractivity contribution in [2.75, 3.05) is 19.4 Å². The maximum atomic E-state index is 12.4. The molecule has 0 aliphatic carbocycles. The number of para-hydroxylation sites is 1. The summed E-state index contributed by atoms with van der Waals surface area (Å²) in [5, 5.41) is 3.63. The predicted octanol–water partition coefficient (Wildman–Crippen LogP) is 2.34. The Morgan fingerprint density at radius 1 is 1.00 bits per heavy atom. The van der Waals surface area contributed by atoms with Gasteiger partial charge in [0.25, 0.3) is 11.5 Å². The summed E-state index contributed by atoms with van der Waals surface area (Å²) in [6.45, 7) is -0.105. The zero-order valence-corrected chi connectivity index (χ0v) is 14.6. The van der Waals surface area contributed by atoms with Crippen LogP contribution in [0.15, 0.2) is 65.5 Å². The predicted molar refractivity (Wildman–Crippen MR) is 101 cm³/mol. The molecule has 1 aromatic heterocycles. The van der Waals surface area contributed by atoms with E-state index in [-0.39, 0.29) is 23.9 Å². The molecule has 3 aromatic rings. The van der Waals surface area contributed by atoms with E-state index in [1.165, 1.54) is 15.5 Å². The van der Waals surface area contributed by atoms with Crippen molar-refractivity contribution in [3.8, 4) is 0 Å². The molecule has 6 nitrogen and oxygen atoms in total. The molecular weight excluding hydrogens is 330 g/mol. The monoisotopic (exact) mass is 349 g/mol. The van der Waals surface area contributed by atoms with Crippen molar-refractivity contribution in [2.24, 2.45) is 0 Å². The Bertz CT molecular complexity index is 1040. The number of benzene rings is 2. The fourth-order valence-electron chi connectivity index (χ4n) is 2.74. The van der Waals surface area contributed by atoms with Crippen LogP contribution in [0.1, 0.15) is 10.4 Å². The summed E-state index contributed by atoms with van der Waals surface area (Å²) in [4.78, 5) is 38.1. The topological polar surface area (TPSA) is 71.4 Å². The van der Waals surface area contributed by atoms with Crippen LogP contribution in [0.4, 0.5) is 5.69 Å². The van der Waals surface area contributed by atoms with Gasteiger partial charge in [-0.2, -0.15) is 0 Å². The fraction of sp³-hybridized carbons (Fsp3) is 0.150. The van der Waals surface area contributed by atoms with Crippen molar-refractivity contribution < 1.29 is 9.59 Å². The van der Waals surface area contributed by atoms with E-state index in [0.29, 0.717) is 16.8 Å². The average molecular weight is 349 g/mol. The maximum absolute atomic E-state index is 12.4. The molecule has 0 saturated heterocycles. The van der Waals surface area contributed by atoms with Crippen LogP contribution in [0.25, 0.3) is 10.9 Å². The van der Waals surface area contributed by atoms with Crippen LogP contribution in [0.5, 0.6) is 0 Å². The highest BCUT2D eigenvalue weighted by atomic mass is 16.2. The van der Waals surface area contributed by atoms with Gasteiger partial charge in [-0.1, -0.05) is 24.3 Å². The third-order valence-electron chi connectivity index (χ3n) is 4.00. The van der Waals surface area contributed by atoms with E-state index >= 15 is 0 Å². The molecule has 0 saturated carbocycles. The second-order valence-electron chi connectivity index (χ2n) is 6.15. The van der Waals surface area contributed by atoms with E-state index in [0.717, 1.165) is 5.39 Å². The van der Waals surface area contributed by atoms with Crippen molar-refractivity contribution >= 4 is 28.4 Å². The second-order valence-corrected chi connectivity index (χ2v) is 6.15. The number of hydrogen-bond donors (Lipinski definition) is 1. The molecule has 26 heavy (non-hydrogen) atoms. The first-order valence-corrected chi connectivity index (χ1v) is 8.16. The van der Waals surface area contributed by atoms with Crippen LogP contribution in [-0.4, -0.2) is 35.4 Å². The van der Waals surface area contributed by atoms with E-state index in [9.17, 15) is 14.4 Å². The number of aromatic nitrogens is 1. The highest BCUT2D eigenvalue weighted by Gasteiger charge is 2.11. The van der Waals surface area contributed by atoms with E-state index in [4.69, 9.17) is 0 Å². The molecule has 2 aromatic carbocycles. The van der Waals surface area contributed by atoms with Crippen molar-refractivity contribution in [2.45, 2.75) is 6.54 Å². The Kier molecular flexibility index (Phi) is 4.84. The summed E-state index contributed by atoms with van der Waals surface area (Å²) in [6, 6.07) is 17.3. The largest absolute Gasteiger partial charge is 0.345 e. The molecule has 2 amide bonds. The van der Waals surface area contributed by atoms with Crippen LogP contribution in [0.3, 0.4) is 0 Å². The van der Waals surface area contributed by atoms with E-state index < -0.39 is 0 Å². The standard InChI is InChI=1S/C20H19N3O3/c1-22(2)20(26)15-7-5-8-16(12-15)21-18(24)13-23-17-9-4-3-6-14(17)10-11-19(23)25/h3-12H,13H2,1-2H3,(H,21,24). The van der Waals surface area contributed by atoms with Gasteiger partial charge in [0.1, 0.15) is 6.54 Å². The minimum atomic E-state index is -0.335. The van der Waals surface area contributed by atoms with Crippen molar-refractivity contribution in [3.05, 3.63) is 76.6 Å². The van der Waals surface area contributed by atoms with Gasteiger partial charge in [-0.05, 0) is 35.7 Å². The van der Waals surface area contributed by atoms with Gasteiger partial charge in [-0.15, -0.1) is 0 Å². The number of amides is 2. The number of anilines is 1. The molecule has 0 bridgehead atoms. The third-order valence-corrected chi connectivity index (χ3v) is 4.00. The molecule has 0 radical (unpaired) electrons. The second kappa shape index (κ2) is 7.23. The van der Waals surface area contributed by atoms with Crippen molar-refractivity contribution in [1.82, 2.24) is 9.47 Å². The fourth-order valence-corrected chi connectivity index (χ4v) is 2.74. The summed E-state index contributed by atoms with van der Waals surface area (Å²) in [5.74, 6) is -0.482. The number of rotatable bonds is 4. The summed E-state index contributed by atoms with van der Waals surface area (Å²) in [7, 11) is 3.33. The molecule has 6 heteroatoms. The Morgan fingerprint density at radius 3 is 2.54 bits per heavy atom. The SMILES string of the molecule is CN(C)C(=O)c1cccc(NC(=O)Cn2c(=O)ccc3ccccc32)c1. The normalized spacial score (nSPS) is 10.5. The molecule has 0 unspecified atom stereocenters. The highest BCUT2D eigenvalue weighted by Crippen LogP contribution is 2.14. The molecule has 1 N–H and O–H groups in total. The summed E-state index contributed by atoms with van der Waals surface area (Å²) < 4.78 is 1.43. The molecule has 0 spiro atoms. The minimum absolute atomic E-state index is 0.105. The van der Waals surface area contributed by atoms with Gasteiger partial charge >= 0.3 is 0 Å². The van der Waals surface area contributed by atoms with Crippen LogP contribution < -0.4 is 10.9 Å². The number of fused-ring (bicyclic) bond motifs is 1. The number of hydrogen-bond acceptors (Lipinski definition) is 3. The van der Waals surface area contributed by atoms with Gasteiger partial charge < -0.3 is 10.2 Å². The smallest absolute Gasteiger partial charge is 0.253 e. The summed E-state index contributed by atoms with van der Waals surface area (Å²) >= 11 is 0. The number of carbonyl (C=O) groups is 2. The molecule has 3 rings (SSSR count). The van der Waals surface area contributed by atoms with Gasteiger partial charge in [0.15, 0.2) is 0 Å². The van der Waals surface area contributed by atoms with Crippen LogP contribution in [-0.2, 0) is 11.3 Å². The number of pyridine rings is 1. The van der Waals surface area contributed by atoms with Crippen LogP contribution in [0.2, 0.25) is 0 Å². The van der Waals surface area contributed by atoms with Gasteiger partial charge in [-0.3, -0.25) is 19.0 Å². The van der Waals surface area contributed by atoms with E-state index in [2.05, 4.69) is 5.32 Å². The van der Waals surface area contributed by atoms with Crippen LogP contribution >= 0.6 is 0 Å². The first-order valence-electron chi connectivity index (χ1n) is 8.16. The Morgan fingerprint density at radius 2 is 1.77 bits per heavy atom. The van der Waals surface area contributed by atoms with Crippen molar-refractivity contribution in [3.63, 3.8) is 0 Å². The van der Waals surface area contributed by atoms with Crippen molar-refractivity contribution in [1.29, 1.82) is 0 Å². The molecule has 0 aliphatic heterocycles. The van der Waals surface area contributed by atoms with Gasteiger partial charge in [0.2, 0.25) is 5.91 Å². The van der Waals surface area contributed by atoms with E-state index in [1.54, 1.807) is 50.5 Å². The maximum Gasteiger partial charge on any atom is 0.253 e. The lowest BCUT2D eigenvalue weighted by molar-refractivity contribution is -0.116. The lowest BCUT2D eigenvalue weighted by atomic mass is 10.2. The Hall–Kier alpha value is -3.41. The molecule has 0 fully saturated rings. The Labute approximate surface area is 150 Å². The summed E-state index contributed by atoms with van der Waals surface area (Å²) in [5.41, 5.74) is 1.45. The van der Waals surface area contributed by atoms with Gasteiger partial charge in [0.05, 0.1) is 5.52 Å². The lowest BCUT2D eigenvalue weighted by Gasteiger charge is -2.13. The number of nitrogens with one attached hydrogen (secondary N) is 1. The van der Waals surface area contributed by atoms with Gasteiger partial charge in [-0.25, -0.2) is 0 Å². The zero-order chi connectivity index (χ0) is 18.7. The molecule has 0 aliphatic rings. The molecular formula is C20H19N3O3. The Balaban J connectivity index is 1.82. The van der Waals surface area contributed by atoms with Crippen LogP contribution in [0, 0.1) is 0 Å². The van der Waals surface area contributed by atoms with Gasteiger partial charge in [0, 0.05) is 31.4 Å².